The molecule has 3 aromatic rings. The van der Waals surface area contributed by atoms with E-state index in [1.807, 2.05) is 6.07 Å². The average molecular weight is 337 g/mol. The van der Waals surface area contributed by atoms with Crippen molar-refractivity contribution in [2.24, 2.45) is 0 Å². The van der Waals surface area contributed by atoms with E-state index in [-0.39, 0.29) is 11.6 Å². The summed E-state index contributed by atoms with van der Waals surface area (Å²) in [5, 5.41) is 12.4. The molecule has 1 aromatic carbocycles. The molecule has 0 unspecified atom stereocenters. The summed E-state index contributed by atoms with van der Waals surface area (Å²) in [6, 6.07) is 8.49. The fraction of sp³-hybridized carbons (Fsp3) is 0.222. The number of hydrogen-bond donors (Lipinski definition) is 1. The van der Waals surface area contributed by atoms with Gasteiger partial charge in [0.05, 0.1) is 10.1 Å². The lowest BCUT2D eigenvalue weighted by Gasteiger charge is -2.14. The molecule has 0 aliphatic heterocycles. The number of hydrogen-bond acceptors (Lipinski definition) is 5. The number of aryl methyl sites for hydroxylation is 1. The zero-order valence-corrected chi connectivity index (χ0v) is 13.9. The first-order chi connectivity index (χ1) is 12.1. The van der Waals surface area contributed by atoms with Gasteiger partial charge in [0.2, 0.25) is 5.95 Å². The average Bonchev–Trinajstić information content (AvgIpc) is 2.61. The fourth-order valence-electron chi connectivity index (χ4n) is 2.60. The lowest BCUT2D eigenvalue weighted by molar-refractivity contribution is -0.464. The molecule has 0 aliphatic rings. The minimum absolute atomic E-state index is 0.195. The van der Waals surface area contributed by atoms with Gasteiger partial charge in [-0.25, -0.2) is 9.97 Å². The summed E-state index contributed by atoms with van der Waals surface area (Å²) >= 11 is 0. The first-order valence-electron chi connectivity index (χ1n) is 8.14. The second-order valence-corrected chi connectivity index (χ2v) is 5.74. The molecule has 0 saturated carbocycles. The Kier molecular flexibility index (Phi) is 4.74. The molecule has 0 fully saturated rings. The summed E-state index contributed by atoms with van der Waals surface area (Å²) in [6.45, 7) is 2.11. The highest BCUT2D eigenvalue weighted by atomic mass is 16.5. The molecule has 0 bridgehead atoms. The summed E-state index contributed by atoms with van der Waals surface area (Å²) in [6.07, 6.45) is 7.36. The predicted molar refractivity (Wildman–Crippen MR) is 98.1 cm³/mol. The van der Waals surface area contributed by atoms with Crippen molar-refractivity contribution in [2.75, 3.05) is 5.73 Å². The zero-order chi connectivity index (χ0) is 17.8. The number of anilines is 1. The van der Waals surface area contributed by atoms with Crippen LogP contribution in [-0.4, -0.2) is 14.7 Å². The number of unbranched alkanes of at least 4 members (excludes halogenated alkanes) is 1. The molecule has 0 amide bonds. The number of rotatable bonds is 5. The molecular formula is C18H19N5O2. The van der Waals surface area contributed by atoms with E-state index in [0.717, 1.165) is 29.7 Å². The molecule has 0 spiro atoms. The third-order valence-corrected chi connectivity index (χ3v) is 3.85. The van der Waals surface area contributed by atoms with Gasteiger partial charge in [-0.2, -0.15) is 0 Å². The van der Waals surface area contributed by atoms with Crippen molar-refractivity contribution in [2.45, 2.75) is 26.2 Å². The quantitative estimate of drug-likeness (QED) is 0.721. The summed E-state index contributed by atoms with van der Waals surface area (Å²) < 4.78 is 1.41. The van der Waals surface area contributed by atoms with Gasteiger partial charge in [0.25, 0.3) is 11.7 Å². The SMILES string of the molecule is CCCCc1cc(/C=C/c2c[n+](=O)c3ccccc3n2[O-])nc(N)n1. The fourth-order valence-corrected chi connectivity index (χ4v) is 2.60. The Morgan fingerprint density at radius 3 is 2.88 bits per heavy atom. The molecule has 2 heterocycles. The van der Waals surface area contributed by atoms with Gasteiger partial charge in [-0.1, -0.05) is 25.5 Å². The van der Waals surface area contributed by atoms with Crippen LogP contribution in [0.4, 0.5) is 5.95 Å². The molecule has 2 N–H and O–H groups in total. The van der Waals surface area contributed by atoms with Gasteiger partial charge in [-0.3, -0.25) is 0 Å². The van der Waals surface area contributed by atoms with Crippen LogP contribution in [0, 0.1) is 10.1 Å². The lowest BCUT2D eigenvalue weighted by atomic mass is 10.2. The summed E-state index contributed by atoms with van der Waals surface area (Å²) in [5.41, 5.74) is 8.07. The Morgan fingerprint density at radius 2 is 2.08 bits per heavy atom. The van der Waals surface area contributed by atoms with E-state index >= 15 is 0 Å². The van der Waals surface area contributed by atoms with Crippen LogP contribution >= 0.6 is 0 Å². The highest BCUT2D eigenvalue weighted by Crippen LogP contribution is 2.14. The number of para-hydroxylation sites is 2. The van der Waals surface area contributed by atoms with Gasteiger partial charge in [0.15, 0.2) is 0 Å². The van der Waals surface area contributed by atoms with Crippen molar-refractivity contribution >= 4 is 29.1 Å². The van der Waals surface area contributed by atoms with Crippen molar-refractivity contribution in [1.82, 2.24) is 14.7 Å². The van der Waals surface area contributed by atoms with Crippen molar-refractivity contribution in [3.8, 4) is 0 Å². The first kappa shape index (κ1) is 16.6. The maximum atomic E-state index is 12.4. The van der Waals surface area contributed by atoms with E-state index in [1.54, 1.807) is 36.4 Å². The largest absolute Gasteiger partial charge is 0.805 e. The van der Waals surface area contributed by atoms with E-state index in [1.165, 1.54) is 6.20 Å². The van der Waals surface area contributed by atoms with Crippen LogP contribution in [0.3, 0.4) is 0 Å². The molecule has 25 heavy (non-hydrogen) atoms. The minimum Gasteiger partial charge on any atom is -0.805 e. The van der Waals surface area contributed by atoms with E-state index in [4.69, 9.17) is 5.73 Å². The lowest BCUT2D eigenvalue weighted by Crippen LogP contribution is -2.18. The van der Waals surface area contributed by atoms with Crippen LogP contribution in [0.2, 0.25) is 0 Å². The van der Waals surface area contributed by atoms with Gasteiger partial charge in [-0.05, 0) is 37.1 Å². The summed E-state index contributed by atoms with van der Waals surface area (Å²) in [5.74, 6) is 0.195. The topological polar surface area (TPSA) is 103 Å². The van der Waals surface area contributed by atoms with E-state index in [0.29, 0.717) is 21.2 Å². The molecule has 7 nitrogen and oxygen atoms in total. The van der Waals surface area contributed by atoms with Crippen molar-refractivity contribution in [1.29, 1.82) is 0 Å². The van der Waals surface area contributed by atoms with Gasteiger partial charge in [0.1, 0.15) is 11.2 Å². The van der Waals surface area contributed by atoms with Crippen LogP contribution in [0.5, 0.6) is 0 Å². The van der Waals surface area contributed by atoms with Gasteiger partial charge in [0, 0.05) is 16.7 Å². The zero-order valence-electron chi connectivity index (χ0n) is 13.9. The van der Waals surface area contributed by atoms with Gasteiger partial charge in [-0.15, -0.1) is 0 Å². The third kappa shape index (κ3) is 3.65. The number of nitrogen functional groups attached to an aromatic ring is 1. The number of nitrogens with zero attached hydrogens (tertiary/aromatic N) is 4. The van der Waals surface area contributed by atoms with E-state index < -0.39 is 0 Å². The van der Waals surface area contributed by atoms with Crippen LogP contribution < -0.4 is 10.2 Å². The number of nitrogens with two attached hydrogens (primary N) is 1. The minimum atomic E-state index is 0.195. The van der Waals surface area contributed by atoms with Gasteiger partial charge < -0.3 is 15.7 Å². The second kappa shape index (κ2) is 7.12. The Labute approximate surface area is 144 Å². The van der Waals surface area contributed by atoms with Crippen LogP contribution in [-0.2, 0) is 6.42 Å². The Balaban J connectivity index is 1.97. The molecular weight excluding hydrogens is 318 g/mol. The Morgan fingerprint density at radius 1 is 1.28 bits per heavy atom. The Hall–Kier alpha value is -3.22. The summed E-state index contributed by atoms with van der Waals surface area (Å²) in [4.78, 5) is 20.4. The van der Waals surface area contributed by atoms with Gasteiger partial charge >= 0.3 is 0 Å². The molecule has 0 radical (unpaired) electrons. The predicted octanol–water partition coefficient (Wildman–Crippen LogP) is 2.79. The number of fused-ring (bicyclic) bond motifs is 1. The van der Waals surface area contributed by atoms with Crippen molar-refractivity contribution in [3.63, 3.8) is 0 Å². The maximum Gasteiger partial charge on any atom is 0.286 e. The van der Waals surface area contributed by atoms with Crippen LogP contribution in [0.25, 0.3) is 23.2 Å². The molecule has 0 aliphatic carbocycles. The molecule has 7 heteroatoms. The smallest absolute Gasteiger partial charge is 0.286 e. The second-order valence-electron chi connectivity index (χ2n) is 5.74. The third-order valence-electron chi connectivity index (χ3n) is 3.85. The monoisotopic (exact) mass is 337 g/mol. The Bertz CT molecular complexity index is 994. The highest BCUT2D eigenvalue weighted by Gasteiger charge is 2.09. The normalized spacial score (nSPS) is 11.4. The first-order valence-corrected chi connectivity index (χ1v) is 8.14. The molecule has 3 rings (SSSR count). The van der Waals surface area contributed by atoms with Crippen LogP contribution in [0.15, 0.2) is 36.5 Å². The van der Waals surface area contributed by atoms with Crippen LogP contribution in [0.1, 0.15) is 36.8 Å². The van der Waals surface area contributed by atoms with E-state index in [2.05, 4.69) is 16.9 Å². The number of benzene rings is 1. The number of aromatic nitrogens is 4. The van der Waals surface area contributed by atoms with Crippen molar-refractivity contribution in [3.05, 3.63) is 63.7 Å². The van der Waals surface area contributed by atoms with Crippen molar-refractivity contribution < 1.29 is 4.43 Å². The maximum absolute atomic E-state index is 12.4. The molecule has 128 valence electrons. The van der Waals surface area contributed by atoms with E-state index in [9.17, 15) is 10.1 Å². The summed E-state index contributed by atoms with van der Waals surface area (Å²) in [7, 11) is 0. The highest BCUT2D eigenvalue weighted by molar-refractivity contribution is 5.75. The standard InChI is InChI=1S/C18H19N5O2/c1-2-3-6-13-11-14(21-18(19)20-13)9-10-15-12-22(24)16-7-4-5-8-17(16)23(15)25/h4-5,7-12H,2-3,6H2,1H3,(H2,19,20,21)/b10-9+. The molecule has 2 aromatic heterocycles. The molecule has 0 atom stereocenters. The molecule has 0 saturated heterocycles.